The van der Waals surface area contributed by atoms with Crippen molar-refractivity contribution in [2.24, 2.45) is 0 Å². The molecule has 1 saturated carbocycles. The van der Waals surface area contributed by atoms with Gasteiger partial charge in [0.1, 0.15) is 5.82 Å². The summed E-state index contributed by atoms with van der Waals surface area (Å²) in [5, 5.41) is 0. The third-order valence-electron chi connectivity index (χ3n) is 4.09. The van der Waals surface area contributed by atoms with Gasteiger partial charge in [-0.1, -0.05) is 6.07 Å². The van der Waals surface area contributed by atoms with Crippen molar-refractivity contribution in [1.29, 1.82) is 0 Å². The number of nitrogens with zero attached hydrogens (tertiary/aromatic N) is 3. The van der Waals surface area contributed by atoms with Crippen LogP contribution in [0, 0.1) is 0 Å². The molecule has 2 aromatic heterocycles. The lowest BCUT2D eigenvalue weighted by Crippen LogP contribution is -2.05. The van der Waals surface area contributed by atoms with E-state index in [2.05, 4.69) is 21.7 Å². The number of imidazole rings is 1. The van der Waals surface area contributed by atoms with E-state index in [0.29, 0.717) is 5.92 Å². The van der Waals surface area contributed by atoms with E-state index in [-0.39, 0.29) is 0 Å². The zero-order valence-corrected chi connectivity index (χ0v) is 11.9. The Labute approximate surface area is 123 Å². The summed E-state index contributed by atoms with van der Waals surface area (Å²) in [6.45, 7) is 0.942. The minimum atomic E-state index is 0.632. The van der Waals surface area contributed by atoms with Crippen molar-refractivity contribution in [1.82, 2.24) is 14.5 Å². The molecule has 3 aromatic rings. The maximum atomic E-state index is 5.88. The molecule has 1 fully saturated rings. The van der Waals surface area contributed by atoms with Gasteiger partial charge in [0.05, 0.1) is 11.0 Å². The fourth-order valence-electron chi connectivity index (χ4n) is 2.84. The third-order valence-corrected chi connectivity index (χ3v) is 4.09. The molecule has 0 bridgehead atoms. The molecular weight excluding hydrogens is 260 g/mol. The minimum absolute atomic E-state index is 0.632. The normalized spacial score (nSPS) is 14.7. The topological polar surface area (TPSA) is 56.7 Å². The maximum Gasteiger partial charge on any atom is 0.113 e. The first-order chi connectivity index (χ1) is 10.3. The van der Waals surface area contributed by atoms with Gasteiger partial charge >= 0.3 is 0 Å². The lowest BCUT2D eigenvalue weighted by Gasteiger charge is -2.08. The first-order valence-electron chi connectivity index (χ1n) is 7.46. The van der Waals surface area contributed by atoms with Crippen LogP contribution in [0.4, 0.5) is 5.69 Å². The highest BCUT2D eigenvalue weighted by atomic mass is 15.1. The molecule has 0 radical (unpaired) electrons. The number of hydrogen-bond acceptors (Lipinski definition) is 3. The molecule has 0 amide bonds. The molecule has 0 unspecified atom stereocenters. The van der Waals surface area contributed by atoms with Crippen molar-refractivity contribution < 1.29 is 0 Å². The van der Waals surface area contributed by atoms with Crippen molar-refractivity contribution in [2.75, 3.05) is 5.73 Å². The predicted molar refractivity (Wildman–Crippen MR) is 84.1 cm³/mol. The maximum absolute atomic E-state index is 5.88. The summed E-state index contributed by atoms with van der Waals surface area (Å²) in [6, 6.07) is 10.1. The fourth-order valence-corrected chi connectivity index (χ4v) is 2.84. The number of pyridine rings is 1. The average Bonchev–Trinajstić information content (AvgIpc) is 3.28. The second-order valence-electron chi connectivity index (χ2n) is 5.76. The van der Waals surface area contributed by atoms with E-state index in [1.54, 1.807) is 0 Å². The lowest BCUT2D eigenvalue weighted by molar-refractivity contribution is 0.669. The van der Waals surface area contributed by atoms with Crippen molar-refractivity contribution in [3.63, 3.8) is 0 Å². The number of hydrogen-bond donors (Lipinski definition) is 1. The Balaban J connectivity index is 1.70. The number of rotatable bonds is 4. The highest BCUT2D eigenvalue weighted by molar-refractivity contribution is 5.79. The Morgan fingerprint density at radius 2 is 2.14 bits per heavy atom. The Morgan fingerprint density at radius 3 is 2.90 bits per heavy atom. The predicted octanol–water partition coefficient (Wildman–Crippen LogP) is 3.13. The van der Waals surface area contributed by atoms with Crippen LogP contribution in [-0.2, 0) is 13.0 Å². The Bertz CT molecular complexity index is 772. The molecule has 21 heavy (non-hydrogen) atoms. The number of fused-ring (bicyclic) bond motifs is 1. The standard InChI is InChI=1S/C17H18N4/c18-14-5-6-16-15(10-14)20-17(13-3-4-13)21(16)9-7-12-2-1-8-19-11-12/h1-2,5-6,8,10-11,13H,3-4,7,9,18H2. The average molecular weight is 278 g/mol. The number of benzene rings is 1. The van der Waals surface area contributed by atoms with E-state index in [1.165, 1.54) is 29.7 Å². The summed E-state index contributed by atoms with van der Waals surface area (Å²) < 4.78 is 2.36. The van der Waals surface area contributed by atoms with Crippen LogP contribution in [0.25, 0.3) is 11.0 Å². The van der Waals surface area contributed by atoms with Gasteiger partial charge in [-0.25, -0.2) is 4.98 Å². The van der Waals surface area contributed by atoms with Crippen LogP contribution in [0.15, 0.2) is 42.7 Å². The molecule has 1 aromatic carbocycles. The van der Waals surface area contributed by atoms with Crippen LogP contribution in [0.3, 0.4) is 0 Å². The Kier molecular flexibility index (Phi) is 2.88. The molecule has 4 nitrogen and oxygen atoms in total. The molecule has 0 saturated heterocycles. The Hall–Kier alpha value is -2.36. The summed E-state index contributed by atoms with van der Waals surface area (Å²) in [5.74, 6) is 1.85. The number of aromatic nitrogens is 3. The van der Waals surface area contributed by atoms with Gasteiger partial charge in [0.15, 0.2) is 0 Å². The zero-order chi connectivity index (χ0) is 14.2. The van der Waals surface area contributed by atoms with E-state index in [0.717, 1.165) is 24.2 Å². The van der Waals surface area contributed by atoms with Gasteiger partial charge in [0.25, 0.3) is 0 Å². The number of aryl methyl sites for hydroxylation is 2. The molecule has 0 aliphatic heterocycles. The van der Waals surface area contributed by atoms with Gasteiger partial charge in [-0.15, -0.1) is 0 Å². The Morgan fingerprint density at radius 1 is 1.24 bits per heavy atom. The summed E-state index contributed by atoms with van der Waals surface area (Å²) in [6.07, 6.45) is 7.24. The van der Waals surface area contributed by atoms with E-state index >= 15 is 0 Å². The van der Waals surface area contributed by atoms with Crippen LogP contribution in [-0.4, -0.2) is 14.5 Å². The van der Waals surface area contributed by atoms with Gasteiger partial charge in [-0.2, -0.15) is 0 Å². The molecule has 1 aliphatic rings. The SMILES string of the molecule is Nc1ccc2c(c1)nc(C1CC1)n2CCc1cccnc1. The van der Waals surface area contributed by atoms with Crippen LogP contribution >= 0.6 is 0 Å². The highest BCUT2D eigenvalue weighted by Gasteiger charge is 2.29. The van der Waals surface area contributed by atoms with E-state index in [4.69, 9.17) is 10.7 Å². The summed E-state index contributed by atoms with van der Waals surface area (Å²) >= 11 is 0. The lowest BCUT2D eigenvalue weighted by atomic mass is 10.2. The smallest absolute Gasteiger partial charge is 0.113 e. The first-order valence-corrected chi connectivity index (χ1v) is 7.46. The van der Waals surface area contributed by atoms with Gasteiger partial charge in [0, 0.05) is 30.5 Å². The second kappa shape index (κ2) is 4.88. The van der Waals surface area contributed by atoms with Gasteiger partial charge < -0.3 is 10.3 Å². The van der Waals surface area contributed by atoms with E-state index < -0.39 is 0 Å². The molecule has 0 atom stereocenters. The quantitative estimate of drug-likeness (QED) is 0.746. The molecule has 2 N–H and O–H groups in total. The first kappa shape index (κ1) is 12.4. The monoisotopic (exact) mass is 278 g/mol. The molecular formula is C17H18N4. The molecule has 2 heterocycles. The van der Waals surface area contributed by atoms with Crippen LogP contribution in [0.1, 0.15) is 30.1 Å². The van der Waals surface area contributed by atoms with Crippen LogP contribution in [0.2, 0.25) is 0 Å². The van der Waals surface area contributed by atoms with Crippen molar-refractivity contribution in [3.05, 3.63) is 54.1 Å². The number of nitrogen functional groups attached to an aromatic ring is 1. The third kappa shape index (κ3) is 2.37. The van der Waals surface area contributed by atoms with Gasteiger partial charge in [-0.05, 0) is 49.1 Å². The van der Waals surface area contributed by atoms with Crippen molar-refractivity contribution in [2.45, 2.75) is 31.7 Å². The number of nitrogens with two attached hydrogens (primary N) is 1. The van der Waals surface area contributed by atoms with Crippen LogP contribution in [0.5, 0.6) is 0 Å². The summed E-state index contributed by atoms with van der Waals surface area (Å²) in [7, 11) is 0. The molecule has 0 spiro atoms. The molecule has 4 heteroatoms. The largest absolute Gasteiger partial charge is 0.399 e. The summed E-state index contributed by atoms with van der Waals surface area (Å²) in [4.78, 5) is 9.00. The zero-order valence-electron chi connectivity index (χ0n) is 11.9. The van der Waals surface area contributed by atoms with E-state index in [1.807, 2.05) is 30.6 Å². The number of anilines is 1. The second-order valence-corrected chi connectivity index (χ2v) is 5.76. The fraction of sp³-hybridized carbons (Fsp3) is 0.294. The van der Waals surface area contributed by atoms with Crippen LogP contribution < -0.4 is 5.73 Å². The minimum Gasteiger partial charge on any atom is -0.399 e. The van der Waals surface area contributed by atoms with E-state index in [9.17, 15) is 0 Å². The molecule has 4 rings (SSSR count). The van der Waals surface area contributed by atoms with Crippen molar-refractivity contribution in [3.8, 4) is 0 Å². The highest BCUT2D eigenvalue weighted by Crippen LogP contribution is 2.40. The summed E-state index contributed by atoms with van der Waals surface area (Å²) in [5.41, 5.74) is 10.1. The van der Waals surface area contributed by atoms with Gasteiger partial charge in [-0.3, -0.25) is 4.98 Å². The molecule has 1 aliphatic carbocycles. The molecule has 106 valence electrons. The van der Waals surface area contributed by atoms with Gasteiger partial charge in [0.2, 0.25) is 0 Å². The van der Waals surface area contributed by atoms with Crippen molar-refractivity contribution >= 4 is 16.7 Å².